The van der Waals surface area contributed by atoms with E-state index in [2.05, 4.69) is 45.9 Å². The first-order valence-corrected chi connectivity index (χ1v) is 8.87. The maximum atomic E-state index is 10.1. The van der Waals surface area contributed by atoms with Gasteiger partial charge in [-0.3, -0.25) is 0 Å². The van der Waals surface area contributed by atoms with Crippen LogP contribution in [0.5, 0.6) is 5.75 Å². The molecule has 0 fully saturated rings. The number of hydrogen-bond donors (Lipinski definition) is 1. The molecule has 0 atom stereocenters. The summed E-state index contributed by atoms with van der Waals surface area (Å²) in [5.74, 6) is 0.405. The van der Waals surface area contributed by atoms with Gasteiger partial charge in [-0.2, -0.15) is 0 Å². The topological polar surface area (TPSA) is 20.2 Å². The van der Waals surface area contributed by atoms with E-state index in [0.717, 1.165) is 24.8 Å². The van der Waals surface area contributed by atoms with E-state index in [1.807, 2.05) is 18.2 Å². The zero-order valence-electron chi connectivity index (χ0n) is 15.0. The highest BCUT2D eigenvalue weighted by molar-refractivity contribution is 5.42. The molecule has 0 unspecified atom stereocenters. The van der Waals surface area contributed by atoms with Gasteiger partial charge < -0.3 is 5.11 Å². The molecule has 2 aromatic rings. The zero-order valence-corrected chi connectivity index (χ0v) is 15.0. The van der Waals surface area contributed by atoms with Crippen molar-refractivity contribution in [1.29, 1.82) is 0 Å². The van der Waals surface area contributed by atoms with Crippen LogP contribution in [0, 0.1) is 0 Å². The minimum atomic E-state index is 0.00703. The number of benzene rings is 2. The fraction of sp³-hybridized carbons (Fsp3) is 0.455. The van der Waals surface area contributed by atoms with E-state index in [4.69, 9.17) is 0 Å². The Morgan fingerprint density at radius 3 is 2.13 bits per heavy atom. The van der Waals surface area contributed by atoms with Crippen LogP contribution in [0.2, 0.25) is 0 Å². The zero-order chi connectivity index (χ0) is 16.9. The van der Waals surface area contributed by atoms with Crippen LogP contribution in [0.1, 0.15) is 62.8 Å². The maximum Gasteiger partial charge on any atom is 0.118 e. The molecule has 124 valence electrons. The van der Waals surface area contributed by atoms with Gasteiger partial charge in [-0.1, -0.05) is 76.9 Å². The Labute approximate surface area is 141 Å². The lowest BCUT2D eigenvalue weighted by Gasteiger charge is -2.30. The summed E-state index contributed by atoms with van der Waals surface area (Å²) in [6.45, 7) is 9.09. The Morgan fingerprint density at radius 2 is 1.48 bits per heavy atom. The van der Waals surface area contributed by atoms with Gasteiger partial charge in [0, 0.05) is 0 Å². The van der Waals surface area contributed by atoms with Gasteiger partial charge in [-0.25, -0.2) is 0 Å². The van der Waals surface area contributed by atoms with E-state index in [1.54, 1.807) is 6.07 Å². The fourth-order valence-electron chi connectivity index (χ4n) is 3.55. The average molecular weight is 310 g/mol. The van der Waals surface area contributed by atoms with Gasteiger partial charge in [0.1, 0.15) is 5.75 Å². The van der Waals surface area contributed by atoms with Crippen LogP contribution in [-0.2, 0) is 24.7 Å². The van der Waals surface area contributed by atoms with Gasteiger partial charge >= 0.3 is 0 Å². The molecule has 1 N–H and O–H groups in total. The molecule has 0 amide bonds. The van der Waals surface area contributed by atoms with E-state index in [1.165, 1.54) is 29.5 Å². The average Bonchev–Trinajstić information content (AvgIpc) is 2.51. The predicted octanol–water partition coefficient (Wildman–Crippen LogP) is 5.82. The number of phenols is 1. The predicted molar refractivity (Wildman–Crippen MR) is 99.3 cm³/mol. The van der Waals surface area contributed by atoms with Crippen molar-refractivity contribution < 1.29 is 5.11 Å². The minimum absolute atomic E-state index is 0.00703. The number of para-hydroxylation sites is 1. The largest absolute Gasteiger partial charge is 0.508 e. The molecule has 0 saturated heterocycles. The Morgan fingerprint density at radius 1 is 0.826 bits per heavy atom. The van der Waals surface area contributed by atoms with E-state index in [0.29, 0.717) is 5.75 Å². The fourth-order valence-corrected chi connectivity index (χ4v) is 3.55. The standard InChI is InChI=1S/C22H30O/c1-5-10-17-13-9-14-20(19(17)11-6-2)22(3,4)16-18-12-7-8-15-21(18)23/h7-9,12-15,23H,5-6,10-11,16H2,1-4H3. The lowest BCUT2D eigenvalue weighted by Crippen LogP contribution is -2.23. The summed E-state index contributed by atoms with van der Waals surface area (Å²) >= 11 is 0. The molecule has 23 heavy (non-hydrogen) atoms. The van der Waals surface area contributed by atoms with Gasteiger partial charge in [0.05, 0.1) is 0 Å². The van der Waals surface area contributed by atoms with Crippen LogP contribution < -0.4 is 0 Å². The van der Waals surface area contributed by atoms with E-state index < -0.39 is 0 Å². The Bertz CT molecular complexity index is 640. The Kier molecular flexibility index (Phi) is 5.87. The van der Waals surface area contributed by atoms with Gasteiger partial charge in [0.25, 0.3) is 0 Å². The van der Waals surface area contributed by atoms with E-state index >= 15 is 0 Å². The first-order chi connectivity index (χ1) is 11.0. The van der Waals surface area contributed by atoms with Gasteiger partial charge in [0.2, 0.25) is 0 Å². The summed E-state index contributed by atoms with van der Waals surface area (Å²) in [6, 6.07) is 14.5. The van der Waals surface area contributed by atoms with Crippen molar-refractivity contribution in [2.45, 2.75) is 65.2 Å². The van der Waals surface area contributed by atoms with Crippen LogP contribution in [0.3, 0.4) is 0 Å². The molecular weight excluding hydrogens is 280 g/mol. The first kappa shape index (κ1) is 17.6. The minimum Gasteiger partial charge on any atom is -0.508 e. The molecule has 2 aromatic carbocycles. The van der Waals surface area contributed by atoms with Crippen molar-refractivity contribution in [3.8, 4) is 5.75 Å². The summed E-state index contributed by atoms with van der Waals surface area (Å²) in [5, 5.41) is 10.1. The highest BCUT2D eigenvalue weighted by Gasteiger charge is 2.26. The van der Waals surface area contributed by atoms with Crippen molar-refractivity contribution in [3.05, 3.63) is 64.7 Å². The third-order valence-electron chi connectivity index (χ3n) is 4.65. The van der Waals surface area contributed by atoms with Crippen LogP contribution in [0.15, 0.2) is 42.5 Å². The maximum absolute atomic E-state index is 10.1. The third-order valence-corrected chi connectivity index (χ3v) is 4.65. The second-order valence-corrected chi connectivity index (χ2v) is 7.13. The Balaban J connectivity index is 2.42. The summed E-state index contributed by atoms with van der Waals surface area (Å²) in [5.41, 5.74) is 5.50. The molecular formula is C22H30O. The monoisotopic (exact) mass is 310 g/mol. The molecule has 0 aliphatic carbocycles. The lowest BCUT2D eigenvalue weighted by molar-refractivity contribution is 0.449. The number of phenolic OH excluding ortho intramolecular Hbond substituents is 1. The molecule has 1 heteroatoms. The molecule has 0 aliphatic heterocycles. The number of aromatic hydroxyl groups is 1. The van der Waals surface area contributed by atoms with E-state index in [-0.39, 0.29) is 5.41 Å². The summed E-state index contributed by atoms with van der Waals surface area (Å²) in [4.78, 5) is 0. The summed E-state index contributed by atoms with van der Waals surface area (Å²) in [7, 11) is 0. The van der Waals surface area contributed by atoms with Crippen molar-refractivity contribution in [1.82, 2.24) is 0 Å². The Hall–Kier alpha value is -1.76. The molecule has 0 heterocycles. The molecule has 0 radical (unpaired) electrons. The molecule has 0 bridgehead atoms. The molecule has 0 aliphatic rings. The van der Waals surface area contributed by atoms with Crippen molar-refractivity contribution >= 4 is 0 Å². The van der Waals surface area contributed by atoms with Gasteiger partial charge in [-0.05, 0) is 53.0 Å². The molecule has 0 saturated carbocycles. The third kappa shape index (κ3) is 4.16. The lowest BCUT2D eigenvalue weighted by atomic mass is 9.75. The van der Waals surface area contributed by atoms with Crippen LogP contribution >= 0.6 is 0 Å². The summed E-state index contributed by atoms with van der Waals surface area (Å²) in [6.07, 6.45) is 5.48. The van der Waals surface area contributed by atoms with Crippen LogP contribution in [0.25, 0.3) is 0 Å². The van der Waals surface area contributed by atoms with Crippen LogP contribution in [-0.4, -0.2) is 5.11 Å². The first-order valence-electron chi connectivity index (χ1n) is 8.87. The van der Waals surface area contributed by atoms with Crippen molar-refractivity contribution in [2.24, 2.45) is 0 Å². The smallest absolute Gasteiger partial charge is 0.118 e. The second kappa shape index (κ2) is 7.68. The SMILES string of the molecule is CCCc1cccc(C(C)(C)Cc2ccccc2O)c1CCC. The quantitative estimate of drug-likeness (QED) is 0.683. The molecule has 2 rings (SSSR count). The van der Waals surface area contributed by atoms with Crippen LogP contribution in [0.4, 0.5) is 0 Å². The highest BCUT2D eigenvalue weighted by atomic mass is 16.3. The van der Waals surface area contributed by atoms with Gasteiger partial charge in [-0.15, -0.1) is 0 Å². The second-order valence-electron chi connectivity index (χ2n) is 7.13. The number of rotatable bonds is 7. The molecule has 0 aromatic heterocycles. The summed E-state index contributed by atoms with van der Waals surface area (Å²) < 4.78 is 0. The number of hydrogen-bond acceptors (Lipinski definition) is 1. The van der Waals surface area contributed by atoms with Gasteiger partial charge in [0.15, 0.2) is 0 Å². The number of aryl methyl sites for hydroxylation is 1. The van der Waals surface area contributed by atoms with Crippen molar-refractivity contribution in [2.75, 3.05) is 0 Å². The highest BCUT2D eigenvalue weighted by Crippen LogP contribution is 2.35. The molecule has 1 nitrogen and oxygen atoms in total. The molecule has 0 spiro atoms. The normalized spacial score (nSPS) is 11.7. The van der Waals surface area contributed by atoms with E-state index in [9.17, 15) is 5.11 Å². The van der Waals surface area contributed by atoms with Crippen molar-refractivity contribution in [3.63, 3.8) is 0 Å².